The molecule has 0 radical (unpaired) electrons. The average molecular weight is 328 g/mol. The number of hydrogen-bond donors (Lipinski definition) is 1. The highest BCUT2D eigenvalue weighted by atomic mass is 35.5. The van der Waals surface area contributed by atoms with E-state index in [0.29, 0.717) is 28.6 Å². The minimum Gasteiger partial charge on any atom is -0.478 e. The molecule has 2 N–H and O–H groups in total. The third kappa shape index (κ3) is 2.94. The van der Waals surface area contributed by atoms with E-state index in [2.05, 4.69) is 0 Å². The molecule has 1 aliphatic rings. The number of nitriles is 1. The number of nitrogen functional groups attached to an aromatic ring is 1. The number of benzene rings is 2. The van der Waals surface area contributed by atoms with Crippen molar-refractivity contribution < 1.29 is 9.53 Å². The highest BCUT2D eigenvalue weighted by Crippen LogP contribution is 2.36. The van der Waals surface area contributed by atoms with Gasteiger partial charge in [-0.05, 0) is 29.8 Å². The Morgan fingerprint density at radius 1 is 1.30 bits per heavy atom. The summed E-state index contributed by atoms with van der Waals surface area (Å²) in [7, 11) is 0. The van der Waals surface area contributed by atoms with Crippen molar-refractivity contribution in [2.45, 2.75) is 12.5 Å². The Morgan fingerprint density at radius 3 is 2.83 bits per heavy atom. The molecule has 5 nitrogen and oxygen atoms in total. The van der Waals surface area contributed by atoms with Gasteiger partial charge in [0, 0.05) is 17.1 Å². The van der Waals surface area contributed by atoms with Gasteiger partial charge in [0.2, 0.25) is 0 Å². The average Bonchev–Trinajstić information content (AvgIpc) is 2.54. The van der Waals surface area contributed by atoms with Crippen LogP contribution in [0.1, 0.15) is 5.56 Å². The number of rotatable bonds is 3. The Hall–Kier alpha value is -2.71. The monoisotopic (exact) mass is 327 g/mol. The lowest BCUT2D eigenvalue weighted by molar-refractivity contribution is -0.126. The van der Waals surface area contributed by atoms with Gasteiger partial charge in [0.1, 0.15) is 12.3 Å². The number of carbonyl (C=O) groups excluding carboxylic acids is 1. The van der Waals surface area contributed by atoms with E-state index in [4.69, 9.17) is 27.3 Å². The van der Waals surface area contributed by atoms with Gasteiger partial charge >= 0.3 is 0 Å². The Kier molecular flexibility index (Phi) is 4.09. The summed E-state index contributed by atoms with van der Waals surface area (Å²) in [6, 6.07) is 14.4. The number of anilines is 2. The fourth-order valence-electron chi connectivity index (χ4n) is 2.57. The van der Waals surface area contributed by atoms with Crippen LogP contribution in [0.25, 0.3) is 0 Å². The zero-order valence-electron chi connectivity index (χ0n) is 12.2. The van der Waals surface area contributed by atoms with Gasteiger partial charge in [0.05, 0.1) is 11.8 Å². The normalized spacial score (nSPS) is 16.4. The van der Waals surface area contributed by atoms with Gasteiger partial charge in [-0.2, -0.15) is 5.26 Å². The molecule has 6 heteroatoms. The van der Waals surface area contributed by atoms with E-state index in [9.17, 15) is 4.79 Å². The Bertz CT molecular complexity index is 801. The first-order valence-electron chi connectivity index (χ1n) is 7.08. The molecule has 1 atom stereocenters. The minimum atomic E-state index is -0.723. The molecule has 2 aromatic carbocycles. The summed E-state index contributed by atoms with van der Waals surface area (Å²) < 4.78 is 5.82. The third-order valence-corrected chi connectivity index (χ3v) is 4.05. The Morgan fingerprint density at radius 2 is 2.09 bits per heavy atom. The van der Waals surface area contributed by atoms with E-state index in [0.717, 1.165) is 5.56 Å². The SMILES string of the molecule is N#CCN1C(=O)C(Cc2ccccc2Cl)Oc2ccc(N)cc21. The van der Waals surface area contributed by atoms with Crippen molar-refractivity contribution in [3.05, 3.63) is 53.1 Å². The van der Waals surface area contributed by atoms with Crippen LogP contribution in [-0.2, 0) is 11.2 Å². The lowest BCUT2D eigenvalue weighted by Crippen LogP contribution is -2.47. The molecule has 0 bridgehead atoms. The summed E-state index contributed by atoms with van der Waals surface area (Å²) in [4.78, 5) is 14.1. The van der Waals surface area contributed by atoms with Crippen LogP contribution in [0.2, 0.25) is 5.02 Å². The molecule has 3 rings (SSSR count). The zero-order chi connectivity index (χ0) is 16.4. The van der Waals surface area contributed by atoms with Gasteiger partial charge in [-0.15, -0.1) is 0 Å². The Labute approximate surface area is 138 Å². The van der Waals surface area contributed by atoms with E-state index >= 15 is 0 Å². The maximum Gasteiger partial charge on any atom is 0.269 e. The van der Waals surface area contributed by atoms with Gasteiger partial charge in [0.15, 0.2) is 6.10 Å². The molecule has 0 saturated carbocycles. The summed E-state index contributed by atoms with van der Waals surface area (Å²) in [5.74, 6) is 0.260. The first-order valence-corrected chi connectivity index (χ1v) is 7.46. The van der Waals surface area contributed by atoms with Crippen LogP contribution in [0, 0.1) is 11.3 Å². The second-order valence-corrected chi connectivity index (χ2v) is 5.62. The molecule has 0 fully saturated rings. The van der Waals surface area contributed by atoms with E-state index in [1.807, 2.05) is 24.3 Å². The summed E-state index contributed by atoms with van der Waals surface area (Å²) in [6.45, 7) is -0.0579. The number of hydrogen-bond acceptors (Lipinski definition) is 4. The lowest BCUT2D eigenvalue weighted by Gasteiger charge is -2.33. The fraction of sp³-hybridized carbons (Fsp3) is 0.176. The molecular weight excluding hydrogens is 314 g/mol. The van der Waals surface area contributed by atoms with Crippen molar-refractivity contribution in [3.63, 3.8) is 0 Å². The van der Waals surface area contributed by atoms with Gasteiger partial charge < -0.3 is 10.5 Å². The number of nitrogens with two attached hydrogens (primary N) is 1. The molecule has 2 aromatic rings. The van der Waals surface area contributed by atoms with Crippen molar-refractivity contribution in [3.8, 4) is 11.8 Å². The Balaban J connectivity index is 1.95. The van der Waals surface area contributed by atoms with Crippen LogP contribution in [0.5, 0.6) is 5.75 Å². The summed E-state index contributed by atoms with van der Waals surface area (Å²) in [5.41, 5.74) is 7.62. The maximum absolute atomic E-state index is 12.7. The van der Waals surface area contributed by atoms with Crippen LogP contribution in [-0.4, -0.2) is 18.6 Å². The highest BCUT2D eigenvalue weighted by Gasteiger charge is 2.34. The topological polar surface area (TPSA) is 79.3 Å². The molecule has 0 aliphatic carbocycles. The molecule has 0 spiro atoms. The van der Waals surface area contributed by atoms with E-state index in [1.165, 1.54) is 4.90 Å². The lowest BCUT2D eigenvalue weighted by atomic mass is 10.0. The molecule has 1 unspecified atom stereocenters. The molecule has 116 valence electrons. The van der Waals surface area contributed by atoms with Crippen LogP contribution in [0.4, 0.5) is 11.4 Å². The van der Waals surface area contributed by atoms with Crippen molar-refractivity contribution >= 4 is 28.9 Å². The minimum absolute atomic E-state index is 0.0579. The molecular formula is C17H14ClN3O2. The number of carbonyl (C=O) groups is 1. The predicted octanol–water partition coefficient (Wildman–Crippen LogP) is 2.78. The first kappa shape index (κ1) is 15.2. The number of amides is 1. The standard InChI is InChI=1S/C17H14ClN3O2/c18-13-4-2-1-3-11(13)9-16-17(22)21(8-7-19)14-10-12(20)5-6-15(14)23-16/h1-6,10,16H,8-9,20H2. The van der Waals surface area contributed by atoms with E-state index in [1.54, 1.807) is 24.3 Å². The van der Waals surface area contributed by atoms with Crippen molar-refractivity contribution in [1.29, 1.82) is 5.26 Å². The van der Waals surface area contributed by atoms with Gasteiger partial charge in [-0.1, -0.05) is 29.8 Å². The van der Waals surface area contributed by atoms with Gasteiger partial charge in [-0.3, -0.25) is 9.69 Å². The van der Waals surface area contributed by atoms with E-state index in [-0.39, 0.29) is 12.5 Å². The molecule has 23 heavy (non-hydrogen) atoms. The number of halogens is 1. The van der Waals surface area contributed by atoms with Crippen LogP contribution < -0.4 is 15.4 Å². The third-order valence-electron chi connectivity index (χ3n) is 3.68. The van der Waals surface area contributed by atoms with Gasteiger partial charge in [0.25, 0.3) is 5.91 Å². The second-order valence-electron chi connectivity index (χ2n) is 5.21. The van der Waals surface area contributed by atoms with Crippen molar-refractivity contribution in [2.75, 3.05) is 17.2 Å². The quantitative estimate of drug-likeness (QED) is 0.694. The highest BCUT2D eigenvalue weighted by molar-refractivity contribution is 6.31. The predicted molar refractivity (Wildman–Crippen MR) is 88.4 cm³/mol. The smallest absolute Gasteiger partial charge is 0.269 e. The molecule has 1 heterocycles. The van der Waals surface area contributed by atoms with Crippen LogP contribution in [0.15, 0.2) is 42.5 Å². The summed E-state index contributed by atoms with van der Waals surface area (Å²) in [6.07, 6.45) is -0.385. The van der Waals surface area contributed by atoms with Crippen LogP contribution >= 0.6 is 11.6 Å². The fourth-order valence-corrected chi connectivity index (χ4v) is 2.78. The number of fused-ring (bicyclic) bond motifs is 1. The van der Waals surface area contributed by atoms with Crippen molar-refractivity contribution in [2.24, 2.45) is 0 Å². The zero-order valence-corrected chi connectivity index (χ0v) is 13.0. The largest absolute Gasteiger partial charge is 0.478 e. The van der Waals surface area contributed by atoms with Crippen molar-refractivity contribution in [1.82, 2.24) is 0 Å². The van der Waals surface area contributed by atoms with E-state index < -0.39 is 6.10 Å². The summed E-state index contributed by atoms with van der Waals surface area (Å²) in [5, 5.41) is 9.60. The molecule has 1 amide bonds. The van der Waals surface area contributed by atoms with Crippen LogP contribution in [0.3, 0.4) is 0 Å². The molecule has 1 aliphatic heterocycles. The second kappa shape index (κ2) is 6.19. The first-order chi connectivity index (χ1) is 11.1. The summed E-state index contributed by atoms with van der Waals surface area (Å²) >= 11 is 6.16. The molecule has 0 saturated heterocycles. The molecule has 0 aromatic heterocycles. The van der Waals surface area contributed by atoms with Gasteiger partial charge in [-0.25, -0.2) is 0 Å². The maximum atomic E-state index is 12.7. The number of nitrogens with zero attached hydrogens (tertiary/aromatic N) is 2. The number of ether oxygens (including phenoxy) is 1.